The zero-order valence-corrected chi connectivity index (χ0v) is 18.6. The maximum atomic E-state index is 6.52. The van der Waals surface area contributed by atoms with E-state index in [4.69, 9.17) is 4.42 Å². The summed E-state index contributed by atoms with van der Waals surface area (Å²) < 4.78 is 11.2. The van der Waals surface area contributed by atoms with E-state index in [1.807, 2.05) is 6.07 Å². The van der Waals surface area contributed by atoms with Crippen molar-refractivity contribution in [2.24, 2.45) is 7.05 Å². The fourth-order valence-electron chi connectivity index (χ4n) is 5.19. The van der Waals surface area contributed by atoms with E-state index in [9.17, 15) is 0 Å². The highest BCUT2D eigenvalue weighted by molar-refractivity contribution is 6.25. The van der Waals surface area contributed by atoms with E-state index in [1.165, 1.54) is 60.8 Å². The fourth-order valence-corrected chi connectivity index (χ4v) is 5.19. The largest absolute Gasteiger partial charge is 0.455 e. The van der Waals surface area contributed by atoms with Gasteiger partial charge in [0.15, 0.2) is 0 Å². The van der Waals surface area contributed by atoms with E-state index in [1.54, 1.807) is 0 Å². The molecule has 0 amide bonds. The third-order valence-corrected chi connectivity index (χ3v) is 6.89. The number of hydrogen-bond acceptors (Lipinski definition) is 1. The number of pyridine rings is 1. The third-order valence-electron chi connectivity index (χ3n) is 6.89. The molecule has 3 heterocycles. The van der Waals surface area contributed by atoms with Gasteiger partial charge in [0.2, 0.25) is 0 Å². The minimum Gasteiger partial charge on any atom is -0.455 e. The summed E-state index contributed by atoms with van der Waals surface area (Å²) in [5.41, 5.74) is 9.44. The predicted molar refractivity (Wildman–Crippen MR) is 128 cm³/mol. The van der Waals surface area contributed by atoms with Crippen molar-refractivity contribution < 1.29 is 8.98 Å². The van der Waals surface area contributed by atoms with Crippen LogP contribution < -0.4 is 4.57 Å². The van der Waals surface area contributed by atoms with Gasteiger partial charge in [-0.05, 0) is 63.1 Å². The Kier molecular flexibility index (Phi) is 3.64. The summed E-state index contributed by atoms with van der Waals surface area (Å²) in [6.45, 7) is 8.80. The van der Waals surface area contributed by atoms with Crippen LogP contribution in [0, 0.1) is 27.7 Å². The standard InChI is InChI=1S/C28H25N2O/c1-16-14-17(2)29(5)24(15-16)30-22-12-8-6-10-20(22)26-27(30)19(4)18(3)25-21-11-7-9-13-23(21)31-28(25)26/h6-15H,1-5H3/q+1. The summed E-state index contributed by atoms with van der Waals surface area (Å²) in [4.78, 5) is 0. The van der Waals surface area contributed by atoms with E-state index < -0.39 is 0 Å². The first kappa shape index (κ1) is 18.2. The fraction of sp³-hybridized carbons (Fsp3) is 0.179. The van der Waals surface area contributed by atoms with E-state index in [2.05, 4.69) is 98.5 Å². The lowest BCUT2D eigenvalue weighted by Gasteiger charge is -2.10. The van der Waals surface area contributed by atoms with Crippen molar-refractivity contribution >= 4 is 43.7 Å². The van der Waals surface area contributed by atoms with Gasteiger partial charge in [-0.15, -0.1) is 0 Å². The number of para-hydroxylation sites is 2. The Hall–Kier alpha value is -3.59. The molecule has 3 nitrogen and oxygen atoms in total. The van der Waals surface area contributed by atoms with Gasteiger partial charge in [-0.1, -0.05) is 30.3 Å². The number of aryl methyl sites for hydroxylation is 4. The Bertz CT molecular complexity index is 1680. The minimum absolute atomic E-state index is 0.946. The monoisotopic (exact) mass is 405 g/mol. The molecule has 0 aliphatic heterocycles. The van der Waals surface area contributed by atoms with Crippen LogP contribution in [0.2, 0.25) is 0 Å². The molecule has 0 saturated heterocycles. The number of hydrogen-bond donors (Lipinski definition) is 0. The van der Waals surface area contributed by atoms with Crippen molar-refractivity contribution in [1.82, 2.24) is 4.57 Å². The molecule has 0 radical (unpaired) electrons. The van der Waals surface area contributed by atoms with Gasteiger partial charge >= 0.3 is 0 Å². The van der Waals surface area contributed by atoms with Crippen molar-refractivity contribution in [2.75, 3.05) is 0 Å². The van der Waals surface area contributed by atoms with Crippen LogP contribution in [-0.2, 0) is 7.05 Å². The molecule has 3 aromatic carbocycles. The molecule has 0 aliphatic carbocycles. The second-order valence-corrected chi connectivity index (χ2v) is 8.72. The van der Waals surface area contributed by atoms with Crippen molar-refractivity contribution in [2.45, 2.75) is 27.7 Å². The zero-order chi connectivity index (χ0) is 21.4. The summed E-state index contributed by atoms with van der Waals surface area (Å²) in [5, 5.41) is 4.84. The van der Waals surface area contributed by atoms with Crippen LogP contribution >= 0.6 is 0 Å². The molecule has 0 atom stereocenters. The molecule has 6 aromatic rings. The number of nitrogens with zero attached hydrogens (tertiary/aromatic N) is 2. The second kappa shape index (κ2) is 6.21. The molecule has 0 fully saturated rings. The van der Waals surface area contributed by atoms with Crippen LogP contribution in [0.15, 0.2) is 65.1 Å². The molecule has 0 spiro atoms. The van der Waals surface area contributed by atoms with Crippen molar-refractivity contribution in [3.8, 4) is 5.82 Å². The molecule has 3 heteroatoms. The van der Waals surface area contributed by atoms with E-state index in [0.717, 1.165) is 11.2 Å². The second-order valence-electron chi connectivity index (χ2n) is 8.72. The first-order valence-corrected chi connectivity index (χ1v) is 10.8. The number of aromatic nitrogens is 2. The average Bonchev–Trinajstić information content (AvgIpc) is 3.31. The molecule has 0 N–H and O–H groups in total. The van der Waals surface area contributed by atoms with Gasteiger partial charge in [-0.3, -0.25) is 0 Å². The highest BCUT2D eigenvalue weighted by Gasteiger charge is 2.28. The zero-order valence-electron chi connectivity index (χ0n) is 18.6. The number of benzene rings is 3. The Morgan fingerprint density at radius 1 is 0.774 bits per heavy atom. The first-order chi connectivity index (χ1) is 15.0. The topological polar surface area (TPSA) is 21.9 Å². The van der Waals surface area contributed by atoms with Crippen LogP contribution in [0.3, 0.4) is 0 Å². The van der Waals surface area contributed by atoms with Gasteiger partial charge in [0.1, 0.15) is 27.9 Å². The normalized spacial score (nSPS) is 12.0. The Morgan fingerprint density at radius 2 is 1.48 bits per heavy atom. The van der Waals surface area contributed by atoms with Crippen molar-refractivity contribution in [1.29, 1.82) is 0 Å². The smallest absolute Gasteiger partial charge is 0.287 e. The quantitative estimate of drug-likeness (QED) is 0.278. The Labute approximate surface area is 181 Å². The lowest BCUT2D eigenvalue weighted by molar-refractivity contribution is -0.671. The SMILES string of the molecule is Cc1cc(C)[n+](C)c(-n2c3ccccc3c3c4oc5ccccc5c4c(C)c(C)c32)c1. The molecule has 31 heavy (non-hydrogen) atoms. The Morgan fingerprint density at radius 3 is 2.29 bits per heavy atom. The van der Waals surface area contributed by atoms with Crippen LogP contribution in [0.4, 0.5) is 0 Å². The summed E-state index contributed by atoms with van der Waals surface area (Å²) in [6.07, 6.45) is 0. The number of rotatable bonds is 1. The average molecular weight is 406 g/mol. The Balaban J connectivity index is 1.94. The lowest BCUT2D eigenvalue weighted by atomic mass is 9.98. The van der Waals surface area contributed by atoms with Crippen LogP contribution in [0.1, 0.15) is 22.4 Å². The minimum atomic E-state index is 0.946. The van der Waals surface area contributed by atoms with E-state index >= 15 is 0 Å². The lowest BCUT2D eigenvalue weighted by Crippen LogP contribution is -2.37. The van der Waals surface area contributed by atoms with Gasteiger partial charge < -0.3 is 4.42 Å². The van der Waals surface area contributed by atoms with Crippen LogP contribution in [-0.4, -0.2) is 4.57 Å². The molecule has 0 saturated carbocycles. The first-order valence-electron chi connectivity index (χ1n) is 10.8. The summed E-state index contributed by atoms with van der Waals surface area (Å²) in [7, 11) is 2.15. The van der Waals surface area contributed by atoms with Gasteiger partial charge in [0, 0.05) is 27.8 Å². The summed E-state index contributed by atoms with van der Waals surface area (Å²) in [5.74, 6) is 1.17. The van der Waals surface area contributed by atoms with Gasteiger partial charge in [0.05, 0.1) is 12.4 Å². The molecule has 3 aromatic heterocycles. The molecular weight excluding hydrogens is 380 g/mol. The maximum Gasteiger partial charge on any atom is 0.287 e. The third kappa shape index (κ3) is 2.32. The van der Waals surface area contributed by atoms with Gasteiger partial charge in [0.25, 0.3) is 5.82 Å². The van der Waals surface area contributed by atoms with E-state index in [0.29, 0.717) is 0 Å². The van der Waals surface area contributed by atoms with Crippen LogP contribution in [0.25, 0.3) is 49.6 Å². The van der Waals surface area contributed by atoms with E-state index in [-0.39, 0.29) is 0 Å². The highest BCUT2D eigenvalue weighted by Crippen LogP contribution is 2.43. The summed E-state index contributed by atoms with van der Waals surface area (Å²) >= 11 is 0. The molecule has 6 rings (SSSR count). The molecule has 152 valence electrons. The van der Waals surface area contributed by atoms with Crippen molar-refractivity contribution in [3.05, 3.63) is 83.0 Å². The number of furan rings is 1. The predicted octanol–water partition coefficient (Wildman–Crippen LogP) is 6.74. The molecule has 0 unspecified atom stereocenters. The molecule has 0 bridgehead atoms. The van der Waals surface area contributed by atoms with Crippen molar-refractivity contribution in [3.63, 3.8) is 0 Å². The van der Waals surface area contributed by atoms with Gasteiger partial charge in [-0.2, -0.15) is 4.57 Å². The maximum absolute atomic E-state index is 6.52. The summed E-state index contributed by atoms with van der Waals surface area (Å²) in [6, 6.07) is 21.6. The number of fused-ring (bicyclic) bond motifs is 7. The van der Waals surface area contributed by atoms with Gasteiger partial charge in [-0.25, -0.2) is 4.57 Å². The molecular formula is C28H25N2O+. The highest BCUT2D eigenvalue weighted by atomic mass is 16.3. The molecule has 0 aliphatic rings. The van der Waals surface area contributed by atoms with Crippen LogP contribution in [0.5, 0.6) is 0 Å².